The zero-order valence-electron chi connectivity index (χ0n) is 16.8. The van der Waals surface area contributed by atoms with Crippen LogP contribution in [0.3, 0.4) is 0 Å². The number of amides is 1. The molecule has 3 aliphatic heterocycles. The summed E-state index contributed by atoms with van der Waals surface area (Å²) in [5.74, 6) is 1.05. The van der Waals surface area contributed by atoms with Gasteiger partial charge in [0.25, 0.3) is 0 Å². The van der Waals surface area contributed by atoms with Gasteiger partial charge in [0.2, 0.25) is 5.91 Å². The summed E-state index contributed by atoms with van der Waals surface area (Å²) in [6.07, 6.45) is 10.2. The quantitative estimate of drug-likeness (QED) is 0.397. The molecular weight excluding hydrogens is 342 g/mol. The first kappa shape index (κ1) is 19.0. The van der Waals surface area contributed by atoms with Gasteiger partial charge >= 0.3 is 0 Å². The van der Waals surface area contributed by atoms with Crippen LogP contribution in [0, 0.1) is 5.92 Å². The van der Waals surface area contributed by atoms with Gasteiger partial charge in [0, 0.05) is 29.6 Å². The summed E-state index contributed by atoms with van der Waals surface area (Å²) >= 11 is 0. The van der Waals surface area contributed by atoms with Crippen LogP contribution in [0.4, 0.5) is 0 Å². The normalized spacial score (nSPS) is 34.3. The second-order valence-corrected chi connectivity index (χ2v) is 9.40. The third-order valence-corrected chi connectivity index (χ3v) is 7.40. The van der Waals surface area contributed by atoms with Crippen molar-refractivity contribution in [2.24, 2.45) is 11.0 Å². The third-order valence-electron chi connectivity index (χ3n) is 7.40. The molecule has 152 valence electrons. The second-order valence-electron chi connectivity index (χ2n) is 9.40. The van der Waals surface area contributed by atoms with Crippen molar-refractivity contribution in [3.8, 4) is 0 Å². The standard InChI is InChI=1S/C20H35N5O2/c1-14(23-27)22-25-16-4-5-17(25)13-18(12-16)24-10-6-15(7-11-24)19(26)21-20(2)8-3-9-20/h15-18,27H,3-13H2,1-2H3,(H,21,26)(H,22,23). The van der Waals surface area contributed by atoms with Crippen LogP contribution in [0.2, 0.25) is 0 Å². The molecule has 4 fully saturated rings. The van der Waals surface area contributed by atoms with Crippen molar-refractivity contribution in [1.82, 2.24) is 20.7 Å². The van der Waals surface area contributed by atoms with Gasteiger partial charge < -0.3 is 10.2 Å². The van der Waals surface area contributed by atoms with Crippen LogP contribution in [-0.2, 0) is 4.79 Å². The lowest BCUT2D eigenvalue weighted by Crippen LogP contribution is -2.55. The van der Waals surface area contributed by atoms with Crippen molar-refractivity contribution in [2.75, 3.05) is 13.1 Å². The number of nitrogens with zero attached hydrogens (tertiary/aromatic N) is 3. The smallest absolute Gasteiger partial charge is 0.223 e. The molecule has 0 aromatic carbocycles. The minimum absolute atomic E-state index is 0.0717. The fourth-order valence-electron chi connectivity index (χ4n) is 5.54. The SMILES string of the molecule is C/C(=N/N1C2CCC1CC(N1CCC(C(=O)NC3(C)CCC3)CC1)C2)NO. The average molecular weight is 378 g/mol. The fourth-order valence-corrected chi connectivity index (χ4v) is 5.54. The van der Waals surface area contributed by atoms with Crippen LogP contribution in [0.15, 0.2) is 5.10 Å². The van der Waals surface area contributed by atoms with Crippen LogP contribution >= 0.6 is 0 Å². The van der Waals surface area contributed by atoms with Gasteiger partial charge in [-0.25, -0.2) is 0 Å². The number of carbonyl (C=O) groups excluding carboxylic acids is 1. The number of rotatable bonds is 4. The monoisotopic (exact) mass is 377 g/mol. The molecule has 7 heteroatoms. The molecule has 3 heterocycles. The van der Waals surface area contributed by atoms with Crippen molar-refractivity contribution in [3.05, 3.63) is 0 Å². The minimum Gasteiger partial charge on any atom is -0.351 e. The zero-order valence-corrected chi connectivity index (χ0v) is 16.8. The number of hydrogen-bond acceptors (Lipinski definition) is 5. The highest BCUT2D eigenvalue weighted by Crippen LogP contribution is 2.39. The van der Waals surface area contributed by atoms with E-state index in [2.05, 4.69) is 32.7 Å². The predicted molar refractivity (Wildman–Crippen MR) is 104 cm³/mol. The van der Waals surface area contributed by atoms with Gasteiger partial charge in [0.15, 0.2) is 0 Å². The molecular formula is C20H35N5O2. The molecule has 2 unspecified atom stereocenters. The average Bonchev–Trinajstić information content (AvgIpc) is 2.88. The van der Waals surface area contributed by atoms with Crippen LogP contribution in [0.25, 0.3) is 0 Å². The maximum atomic E-state index is 12.6. The Kier molecular flexibility index (Phi) is 5.34. The molecule has 3 N–H and O–H groups in total. The molecule has 0 radical (unpaired) electrons. The van der Waals surface area contributed by atoms with Crippen molar-refractivity contribution in [2.45, 2.75) is 95.3 Å². The molecule has 1 aliphatic carbocycles. The van der Waals surface area contributed by atoms with E-state index in [0.29, 0.717) is 24.0 Å². The Morgan fingerprint density at radius 3 is 2.22 bits per heavy atom. The Morgan fingerprint density at radius 1 is 1.07 bits per heavy atom. The summed E-state index contributed by atoms with van der Waals surface area (Å²) in [5, 5.41) is 19.1. The van der Waals surface area contributed by atoms with Gasteiger partial charge in [0.05, 0.1) is 0 Å². The first-order chi connectivity index (χ1) is 13.0. The highest BCUT2D eigenvalue weighted by atomic mass is 16.5. The molecule has 4 rings (SSSR count). The van der Waals surface area contributed by atoms with Crippen molar-refractivity contribution in [3.63, 3.8) is 0 Å². The lowest BCUT2D eigenvalue weighted by molar-refractivity contribution is -0.129. The largest absolute Gasteiger partial charge is 0.351 e. The van der Waals surface area contributed by atoms with E-state index in [1.165, 1.54) is 19.3 Å². The number of hydroxylamine groups is 1. The molecule has 4 aliphatic rings. The van der Waals surface area contributed by atoms with Crippen LogP contribution < -0.4 is 10.8 Å². The number of hydrazone groups is 1. The van der Waals surface area contributed by atoms with Gasteiger partial charge in [-0.3, -0.25) is 20.5 Å². The lowest BCUT2D eigenvalue weighted by atomic mass is 9.78. The first-order valence-electron chi connectivity index (χ1n) is 10.8. The minimum atomic E-state index is 0.0717. The molecule has 0 aromatic heterocycles. The van der Waals surface area contributed by atoms with Gasteiger partial charge in [-0.1, -0.05) is 0 Å². The van der Waals surface area contributed by atoms with Crippen LogP contribution in [0.1, 0.15) is 71.6 Å². The van der Waals surface area contributed by atoms with E-state index in [4.69, 9.17) is 5.21 Å². The number of fused-ring (bicyclic) bond motifs is 2. The van der Waals surface area contributed by atoms with E-state index in [0.717, 1.165) is 51.6 Å². The highest BCUT2D eigenvalue weighted by Gasteiger charge is 2.43. The van der Waals surface area contributed by atoms with Crippen molar-refractivity contribution in [1.29, 1.82) is 0 Å². The molecule has 2 bridgehead atoms. The van der Waals surface area contributed by atoms with E-state index in [1.54, 1.807) is 6.92 Å². The molecule has 2 atom stereocenters. The molecule has 7 nitrogen and oxygen atoms in total. The van der Waals surface area contributed by atoms with E-state index in [-0.39, 0.29) is 17.4 Å². The van der Waals surface area contributed by atoms with E-state index in [1.807, 2.05) is 0 Å². The molecule has 1 amide bonds. The number of hydrogen-bond donors (Lipinski definition) is 3. The first-order valence-corrected chi connectivity index (χ1v) is 10.8. The molecule has 0 aromatic rings. The summed E-state index contributed by atoms with van der Waals surface area (Å²) in [4.78, 5) is 15.2. The third kappa shape index (κ3) is 3.94. The summed E-state index contributed by atoms with van der Waals surface area (Å²) in [6, 6.07) is 1.58. The van der Waals surface area contributed by atoms with E-state index >= 15 is 0 Å². The van der Waals surface area contributed by atoms with E-state index < -0.39 is 0 Å². The zero-order chi connectivity index (χ0) is 19.0. The number of likely N-dealkylation sites (tertiary alicyclic amines) is 1. The number of carbonyl (C=O) groups is 1. The Labute approximate surface area is 162 Å². The van der Waals surface area contributed by atoms with Crippen LogP contribution in [-0.4, -0.2) is 63.6 Å². The summed E-state index contributed by atoms with van der Waals surface area (Å²) in [5.41, 5.74) is 2.23. The Morgan fingerprint density at radius 2 is 1.70 bits per heavy atom. The summed E-state index contributed by atoms with van der Waals surface area (Å²) in [6.45, 7) is 6.06. The van der Waals surface area contributed by atoms with Gasteiger partial charge in [-0.05, 0) is 84.7 Å². The summed E-state index contributed by atoms with van der Waals surface area (Å²) < 4.78 is 0. The van der Waals surface area contributed by atoms with Crippen molar-refractivity contribution < 1.29 is 10.0 Å². The Balaban J connectivity index is 1.28. The van der Waals surface area contributed by atoms with Gasteiger partial charge in [0.1, 0.15) is 5.84 Å². The number of piperidine rings is 2. The maximum Gasteiger partial charge on any atom is 0.223 e. The van der Waals surface area contributed by atoms with Gasteiger partial charge in [-0.15, -0.1) is 0 Å². The molecule has 3 saturated heterocycles. The van der Waals surface area contributed by atoms with Gasteiger partial charge in [-0.2, -0.15) is 5.10 Å². The summed E-state index contributed by atoms with van der Waals surface area (Å²) in [7, 11) is 0. The molecule has 0 spiro atoms. The topological polar surface area (TPSA) is 80.2 Å². The fraction of sp³-hybridized carbons (Fsp3) is 0.900. The number of amidine groups is 1. The second kappa shape index (κ2) is 7.59. The van der Waals surface area contributed by atoms with Crippen molar-refractivity contribution >= 4 is 11.7 Å². The lowest BCUT2D eigenvalue weighted by Gasteiger charge is -2.45. The predicted octanol–water partition coefficient (Wildman–Crippen LogP) is 2.06. The molecule has 1 saturated carbocycles. The highest BCUT2D eigenvalue weighted by molar-refractivity contribution is 5.79. The Bertz CT molecular complexity index is 569. The Hall–Kier alpha value is -1.34. The van der Waals surface area contributed by atoms with Crippen LogP contribution in [0.5, 0.6) is 0 Å². The molecule has 27 heavy (non-hydrogen) atoms. The number of nitrogens with one attached hydrogen (secondary N) is 2. The van der Waals surface area contributed by atoms with E-state index in [9.17, 15) is 4.79 Å². The maximum absolute atomic E-state index is 12.6.